The van der Waals surface area contributed by atoms with Gasteiger partial charge in [-0.3, -0.25) is 4.79 Å². The molecule has 0 aliphatic rings. The molecule has 0 aromatic carbocycles. The van der Waals surface area contributed by atoms with E-state index in [9.17, 15) is 4.79 Å². The average molecular weight is 381 g/mol. The maximum absolute atomic E-state index is 11.0. The van der Waals surface area contributed by atoms with Crippen molar-refractivity contribution in [2.45, 2.75) is 135 Å². The van der Waals surface area contributed by atoms with Gasteiger partial charge in [-0.25, -0.2) is 0 Å². The van der Waals surface area contributed by atoms with Crippen molar-refractivity contribution >= 4 is 5.97 Å². The highest BCUT2D eigenvalue weighted by Gasteiger charge is 1.99. The van der Waals surface area contributed by atoms with Crippen LogP contribution in [0.25, 0.3) is 0 Å². The van der Waals surface area contributed by atoms with E-state index in [1.807, 2.05) is 0 Å². The fourth-order valence-corrected chi connectivity index (χ4v) is 3.50. The summed E-state index contributed by atoms with van der Waals surface area (Å²) in [7, 11) is 1.47. The first-order valence-corrected chi connectivity index (χ1v) is 12.0. The zero-order chi connectivity index (χ0) is 19.8. The molecule has 0 N–H and O–H groups in total. The van der Waals surface area contributed by atoms with Gasteiger partial charge in [0.15, 0.2) is 0 Å². The van der Waals surface area contributed by atoms with Crippen molar-refractivity contribution in [1.29, 1.82) is 0 Å². The molecule has 2 nitrogen and oxygen atoms in total. The lowest BCUT2D eigenvalue weighted by molar-refractivity contribution is -0.140. The number of hydrogen-bond donors (Lipinski definition) is 0. The lowest BCUT2D eigenvalue weighted by Crippen LogP contribution is -1.99. The molecule has 160 valence electrons. The van der Waals surface area contributed by atoms with Gasteiger partial charge in [0, 0.05) is 6.42 Å². The summed E-state index contributed by atoms with van der Waals surface area (Å²) < 4.78 is 4.65. The van der Waals surface area contributed by atoms with Crippen molar-refractivity contribution in [3.63, 3.8) is 0 Å². The van der Waals surface area contributed by atoms with Gasteiger partial charge >= 0.3 is 5.97 Å². The Bertz CT molecular complexity index is 322. The molecule has 0 spiro atoms. The van der Waals surface area contributed by atoms with Crippen LogP contribution in [-0.4, -0.2) is 13.1 Å². The number of carbonyl (C=O) groups is 1. The summed E-state index contributed by atoms with van der Waals surface area (Å²) in [5.74, 6) is -0.0686. The van der Waals surface area contributed by atoms with Crippen LogP contribution < -0.4 is 0 Å². The number of carbonyl (C=O) groups excluding carboxylic acids is 1. The molecule has 0 unspecified atom stereocenters. The average Bonchev–Trinajstić information content (AvgIpc) is 2.68. The summed E-state index contributed by atoms with van der Waals surface area (Å²) in [6.07, 6.45) is 30.8. The Labute approximate surface area is 170 Å². The van der Waals surface area contributed by atoms with Crippen LogP contribution in [0.2, 0.25) is 0 Å². The van der Waals surface area contributed by atoms with E-state index < -0.39 is 0 Å². The highest BCUT2D eigenvalue weighted by atomic mass is 16.5. The molecule has 27 heavy (non-hydrogen) atoms. The molecule has 0 bridgehead atoms. The van der Waals surface area contributed by atoms with E-state index in [0.717, 1.165) is 12.8 Å². The van der Waals surface area contributed by atoms with Crippen LogP contribution in [0.15, 0.2) is 12.2 Å². The predicted molar refractivity (Wildman–Crippen MR) is 119 cm³/mol. The minimum absolute atomic E-state index is 0.0686. The fraction of sp³-hybridized carbons (Fsp3) is 0.880. The standard InChI is InChI=1S/C25H48O2/c1-3-4-5-6-7-8-9-10-11-12-13-14-15-16-17-18-19-20-21-22-23-24-25(26)27-2/h13-14H,3-12,15-24H2,1-2H3/b14-13+. The van der Waals surface area contributed by atoms with Crippen LogP contribution in [0.5, 0.6) is 0 Å². The van der Waals surface area contributed by atoms with Gasteiger partial charge < -0.3 is 4.74 Å². The number of esters is 1. The summed E-state index contributed by atoms with van der Waals surface area (Å²) >= 11 is 0. The third-order valence-electron chi connectivity index (χ3n) is 5.37. The molecule has 2 heteroatoms. The summed E-state index contributed by atoms with van der Waals surface area (Å²) in [5.41, 5.74) is 0. The fourth-order valence-electron chi connectivity index (χ4n) is 3.50. The molecular weight excluding hydrogens is 332 g/mol. The van der Waals surface area contributed by atoms with Gasteiger partial charge in [-0.2, -0.15) is 0 Å². The Morgan fingerprint density at radius 1 is 0.593 bits per heavy atom. The normalized spacial score (nSPS) is 11.3. The molecule has 0 radical (unpaired) electrons. The zero-order valence-electron chi connectivity index (χ0n) is 18.6. The van der Waals surface area contributed by atoms with Crippen molar-refractivity contribution in [2.24, 2.45) is 0 Å². The Morgan fingerprint density at radius 3 is 1.37 bits per heavy atom. The van der Waals surface area contributed by atoms with Crippen molar-refractivity contribution in [3.05, 3.63) is 12.2 Å². The van der Waals surface area contributed by atoms with E-state index in [4.69, 9.17) is 0 Å². The molecule has 0 aliphatic heterocycles. The molecule has 0 heterocycles. The molecule has 0 aromatic heterocycles. The smallest absolute Gasteiger partial charge is 0.305 e. The molecule has 0 rings (SSSR count). The quantitative estimate of drug-likeness (QED) is 0.113. The van der Waals surface area contributed by atoms with Crippen LogP contribution >= 0.6 is 0 Å². The summed E-state index contributed by atoms with van der Waals surface area (Å²) in [5, 5.41) is 0. The highest BCUT2D eigenvalue weighted by Crippen LogP contribution is 2.12. The van der Waals surface area contributed by atoms with Gasteiger partial charge in [-0.05, 0) is 32.1 Å². The number of methoxy groups -OCH3 is 1. The minimum atomic E-state index is -0.0686. The highest BCUT2D eigenvalue weighted by molar-refractivity contribution is 5.68. The molecule has 0 aliphatic carbocycles. The van der Waals surface area contributed by atoms with E-state index in [1.54, 1.807) is 0 Å². The topological polar surface area (TPSA) is 26.3 Å². The molecule has 0 fully saturated rings. The third kappa shape index (κ3) is 23.2. The van der Waals surface area contributed by atoms with Gasteiger partial charge in [-0.15, -0.1) is 0 Å². The summed E-state index contributed by atoms with van der Waals surface area (Å²) in [4.78, 5) is 11.0. The second-order valence-electron chi connectivity index (χ2n) is 8.03. The van der Waals surface area contributed by atoms with E-state index in [0.29, 0.717) is 6.42 Å². The van der Waals surface area contributed by atoms with Gasteiger partial charge in [-0.1, -0.05) is 109 Å². The number of rotatable bonds is 21. The predicted octanol–water partition coefficient (Wildman–Crippen LogP) is 8.54. The Kier molecular flexibility index (Phi) is 22.6. The van der Waals surface area contributed by atoms with E-state index >= 15 is 0 Å². The van der Waals surface area contributed by atoms with Crippen molar-refractivity contribution < 1.29 is 9.53 Å². The van der Waals surface area contributed by atoms with Crippen molar-refractivity contribution in [1.82, 2.24) is 0 Å². The first kappa shape index (κ1) is 26.2. The number of unbranched alkanes of at least 4 members (excludes halogenated alkanes) is 17. The molecule has 0 saturated heterocycles. The molecular formula is C25H48O2. The SMILES string of the molecule is CCCCCCCCCCC/C=C/CCCCCCCCCCC(=O)OC. The number of hydrogen-bond acceptors (Lipinski definition) is 2. The van der Waals surface area contributed by atoms with Crippen LogP contribution in [0, 0.1) is 0 Å². The Hall–Kier alpha value is -0.790. The Balaban J connectivity index is 3.09. The lowest BCUT2D eigenvalue weighted by atomic mass is 10.1. The molecule has 0 atom stereocenters. The van der Waals surface area contributed by atoms with Gasteiger partial charge in [0.1, 0.15) is 0 Å². The van der Waals surface area contributed by atoms with Gasteiger partial charge in [0.2, 0.25) is 0 Å². The monoisotopic (exact) mass is 380 g/mol. The lowest BCUT2D eigenvalue weighted by Gasteiger charge is -2.02. The van der Waals surface area contributed by atoms with Crippen LogP contribution in [0.4, 0.5) is 0 Å². The molecule has 0 amide bonds. The van der Waals surface area contributed by atoms with E-state index in [2.05, 4.69) is 23.8 Å². The summed E-state index contributed by atoms with van der Waals surface area (Å²) in [6.45, 7) is 2.28. The molecule has 0 saturated carbocycles. The van der Waals surface area contributed by atoms with E-state index in [-0.39, 0.29) is 5.97 Å². The second kappa shape index (κ2) is 23.2. The first-order valence-electron chi connectivity index (χ1n) is 12.0. The van der Waals surface area contributed by atoms with Crippen LogP contribution in [0.1, 0.15) is 135 Å². The van der Waals surface area contributed by atoms with E-state index in [1.165, 1.54) is 116 Å². The Morgan fingerprint density at radius 2 is 0.963 bits per heavy atom. The van der Waals surface area contributed by atoms with Crippen LogP contribution in [0.3, 0.4) is 0 Å². The second-order valence-corrected chi connectivity index (χ2v) is 8.03. The molecule has 0 aromatic rings. The maximum Gasteiger partial charge on any atom is 0.305 e. The number of ether oxygens (including phenoxy) is 1. The third-order valence-corrected chi connectivity index (χ3v) is 5.37. The first-order chi connectivity index (χ1) is 13.3. The van der Waals surface area contributed by atoms with Gasteiger partial charge in [0.25, 0.3) is 0 Å². The zero-order valence-corrected chi connectivity index (χ0v) is 18.6. The maximum atomic E-state index is 11.0. The largest absolute Gasteiger partial charge is 0.469 e. The van der Waals surface area contributed by atoms with Crippen molar-refractivity contribution in [3.8, 4) is 0 Å². The van der Waals surface area contributed by atoms with Crippen molar-refractivity contribution in [2.75, 3.05) is 7.11 Å². The minimum Gasteiger partial charge on any atom is -0.469 e. The van der Waals surface area contributed by atoms with Crippen LogP contribution in [-0.2, 0) is 9.53 Å². The number of allylic oxidation sites excluding steroid dienone is 2. The summed E-state index contributed by atoms with van der Waals surface area (Å²) in [6, 6.07) is 0. The van der Waals surface area contributed by atoms with Gasteiger partial charge in [0.05, 0.1) is 7.11 Å².